The van der Waals surface area contributed by atoms with Crippen LogP contribution in [-0.2, 0) is 0 Å². The van der Waals surface area contributed by atoms with Gasteiger partial charge in [-0.15, -0.1) is 11.3 Å². The summed E-state index contributed by atoms with van der Waals surface area (Å²) in [4.78, 5) is 0. The Morgan fingerprint density at radius 3 is 1.52 bits per heavy atom. The zero-order valence-electron chi connectivity index (χ0n) is 27.0. The summed E-state index contributed by atoms with van der Waals surface area (Å²) in [7, 11) is 0. The Kier molecular flexibility index (Phi) is 5.89. The molecule has 0 bridgehead atoms. The molecule has 0 spiro atoms. The van der Waals surface area contributed by atoms with E-state index in [1.165, 1.54) is 80.5 Å². The summed E-state index contributed by atoms with van der Waals surface area (Å²) in [5.74, 6) is 0. The number of hydrogen-bond acceptors (Lipinski definition) is 2. The first-order valence-electron chi connectivity index (χ1n) is 17.1. The van der Waals surface area contributed by atoms with Crippen molar-refractivity contribution < 1.29 is 4.42 Å². The molecule has 0 amide bonds. The van der Waals surface area contributed by atoms with Crippen LogP contribution in [0.4, 0.5) is 0 Å². The summed E-state index contributed by atoms with van der Waals surface area (Å²) in [6.07, 6.45) is 0. The molecule has 0 fully saturated rings. The van der Waals surface area contributed by atoms with Crippen LogP contribution in [-0.4, -0.2) is 0 Å². The van der Waals surface area contributed by atoms with Crippen LogP contribution in [0.3, 0.4) is 0 Å². The Morgan fingerprint density at radius 1 is 0.320 bits per heavy atom. The van der Waals surface area contributed by atoms with Crippen LogP contribution in [0.25, 0.3) is 108 Å². The molecule has 0 radical (unpaired) electrons. The molecule has 9 aromatic carbocycles. The molecule has 2 heteroatoms. The Bertz CT molecular complexity index is 3070. The van der Waals surface area contributed by atoms with Gasteiger partial charge in [-0.05, 0) is 90.6 Å². The number of hydrogen-bond donors (Lipinski definition) is 0. The lowest BCUT2D eigenvalue weighted by Crippen LogP contribution is -1.91. The topological polar surface area (TPSA) is 13.1 Å². The predicted molar refractivity (Wildman–Crippen MR) is 215 cm³/mol. The van der Waals surface area contributed by atoms with E-state index in [9.17, 15) is 0 Å². The minimum absolute atomic E-state index is 0.922. The van der Waals surface area contributed by atoms with Crippen LogP contribution >= 0.6 is 11.3 Å². The minimum atomic E-state index is 0.922. The van der Waals surface area contributed by atoms with Crippen molar-refractivity contribution in [2.75, 3.05) is 0 Å². The number of benzene rings is 9. The third kappa shape index (κ3) is 4.00. The van der Waals surface area contributed by atoms with Gasteiger partial charge in [0, 0.05) is 36.3 Å². The number of rotatable bonds is 3. The Hall–Kier alpha value is -6.22. The molecular formula is C48H28OS. The van der Waals surface area contributed by atoms with Gasteiger partial charge in [0.25, 0.3) is 0 Å². The van der Waals surface area contributed by atoms with E-state index in [1.807, 2.05) is 11.3 Å². The summed E-state index contributed by atoms with van der Waals surface area (Å²) in [6, 6.07) is 62.0. The number of thiophene rings is 1. The van der Waals surface area contributed by atoms with Crippen molar-refractivity contribution >= 4 is 85.8 Å². The summed E-state index contributed by atoms with van der Waals surface area (Å²) < 4.78 is 9.18. The maximum Gasteiger partial charge on any atom is 0.143 e. The monoisotopic (exact) mass is 652 g/mol. The van der Waals surface area contributed by atoms with Crippen molar-refractivity contribution in [3.8, 4) is 33.4 Å². The summed E-state index contributed by atoms with van der Waals surface area (Å²) in [5, 5.41) is 12.3. The van der Waals surface area contributed by atoms with Gasteiger partial charge in [-0.1, -0.05) is 140 Å². The first-order chi connectivity index (χ1) is 24.8. The first-order valence-corrected chi connectivity index (χ1v) is 17.9. The lowest BCUT2D eigenvalue weighted by Gasteiger charge is -2.18. The fourth-order valence-electron chi connectivity index (χ4n) is 8.22. The summed E-state index contributed by atoms with van der Waals surface area (Å²) in [5.41, 5.74) is 9.31. The van der Waals surface area contributed by atoms with Crippen LogP contribution in [0, 0.1) is 0 Å². The van der Waals surface area contributed by atoms with Gasteiger partial charge in [-0.3, -0.25) is 0 Å². The van der Waals surface area contributed by atoms with Crippen LogP contribution in [0.2, 0.25) is 0 Å². The van der Waals surface area contributed by atoms with Crippen molar-refractivity contribution in [1.82, 2.24) is 0 Å². The van der Waals surface area contributed by atoms with E-state index in [4.69, 9.17) is 4.42 Å². The highest BCUT2D eigenvalue weighted by Crippen LogP contribution is 2.46. The van der Waals surface area contributed by atoms with E-state index in [2.05, 4.69) is 170 Å². The largest absolute Gasteiger partial charge is 0.455 e. The van der Waals surface area contributed by atoms with Crippen molar-refractivity contribution in [3.05, 3.63) is 170 Å². The van der Waals surface area contributed by atoms with Crippen molar-refractivity contribution in [2.45, 2.75) is 0 Å². The smallest absolute Gasteiger partial charge is 0.143 e. The molecule has 0 aliphatic carbocycles. The van der Waals surface area contributed by atoms with Gasteiger partial charge in [0.2, 0.25) is 0 Å². The second-order valence-corrected chi connectivity index (χ2v) is 14.3. The minimum Gasteiger partial charge on any atom is -0.455 e. The van der Waals surface area contributed by atoms with Gasteiger partial charge in [-0.25, -0.2) is 0 Å². The Balaban J connectivity index is 1.17. The van der Waals surface area contributed by atoms with E-state index < -0.39 is 0 Å². The normalized spacial score (nSPS) is 12.0. The molecule has 1 nitrogen and oxygen atoms in total. The maximum atomic E-state index is 6.58. The number of fused-ring (bicyclic) bond motifs is 10. The molecule has 2 heterocycles. The van der Waals surface area contributed by atoms with Crippen molar-refractivity contribution in [2.24, 2.45) is 0 Å². The molecule has 50 heavy (non-hydrogen) atoms. The van der Waals surface area contributed by atoms with Gasteiger partial charge < -0.3 is 4.42 Å². The molecule has 0 atom stereocenters. The highest BCUT2D eigenvalue weighted by molar-refractivity contribution is 7.25. The quantitative estimate of drug-likeness (QED) is 0.173. The van der Waals surface area contributed by atoms with Crippen LogP contribution in [0.15, 0.2) is 174 Å². The molecule has 2 aromatic heterocycles. The fraction of sp³-hybridized carbons (Fsp3) is 0. The molecule has 11 aromatic rings. The standard InChI is InChI=1S/C48H28OS/c1-2-12-30(13-3-1)46-34-16-4-6-18-36(34)47(37-19-7-5-17-35(37)46)31-24-22-29(23-25-31)38-26-41-32-14-8-10-20-43(32)49-48(41)42-28-45-40(27-39(38)42)33-15-9-11-21-44(33)50-45/h1-28H. The van der Waals surface area contributed by atoms with Gasteiger partial charge in [0.05, 0.1) is 0 Å². The number of para-hydroxylation sites is 1. The van der Waals surface area contributed by atoms with Crippen molar-refractivity contribution in [3.63, 3.8) is 0 Å². The van der Waals surface area contributed by atoms with Gasteiger partial charge in [-0.2, -0.15) is 0 Å². The van der Waals surface area contributed by atoms with E-state index >= 15 is 0 Å². The maximum absolute atomic E-state index is 6.58. The van der Waals surface area contributed by atoms with Gasteiger partial charge in [0.1, 0.15) is 11.2 Å². The average molecular weight is 653 g/mol. The van der Waals surface area contributed by atoms with E-state index in [-0.39, 0.29) is 0 Å². The van der Waals surface area contributed by atoms with Crippen LogP contribution in [0.1, 0.15) is 0 Å². The molecule has 0 aliphatic rings. The van der Waals surface area contributed by atoms with E-state index in [0.29, 0.717) is 0 Å². The second kappa shape index (κ2) is 10.6. The van der Waals surface area contributed by atoms with Gasteiger partial charge >= 0.3 is 0 Å². The van der Waals surface area contributed by atoms with E-state index in [1.54, 1.807) is 0 Å². The lowest BCUT2D eigenvalue weighted by atomic mass is 9.85. The molecule has 11 rings (SSSR count). The fourth-order valence-corrected chi connectivity index (χ4v) is 9.35. The highest BCUT2D eigenvalue weighted by atomic mass is 32.1. The summed E-state index contributed by atoms with van der Waals surface area (Å²) >= 11 is 1.85. The molecule has 232 valence electrons. The highest BCUT2D eigenvalue weighted by Gasteiger charge is 2.19. The average Bonchev–Trinajstić information content (AvgIpc) is 3.74. The SMILES string of the molecule is c1ccc(-c2c3ccccc3c(-c3ccc(-c4cc5c6ccccc6oc5c5cc6sc7ccccc7c6cc45)cc3)c3ccccc23)cc1. The second-order valence-electron chi connectivity index (χ2n) is 13.2. The zero-order valence-corrected chi connectivity index (χ0v) is 27.8. The first kappa shape index (κ1) is 27.7. The Labute approximate surface area is 292 Å². The van der Waals surface area contributed by atoms with Crippen molar-refractivity contribution in [1.29, 1.82) is 0 Å². The predicted octanol–water partition coefficient (Wildman–Crippen LogP) is 14.4. The molecule has 0 saturated heterocycles. The third-order valence-electron chi connectivity index (χ3n) is 10.5. The van der Waals surface area contributed by atoms with Crippen LogP contribution in [0.5, 0.6) is 0 Å². The molecule has 0 saturated carbocycles. The lowest BCUT2D eigenvalue weighted by molar-refractivity contribution is 0.673. The molecule has 0 unspecified atom stereocenters. The number of furan rings is 1. The molecule has 0 N–H and O–H groups in total. The zero-order chi connectivity index (χ0) is 32.8. The Morgan fingerprint density at radius 2 is 0.840 bits per heavy atom. The van der Waals surface area contributed by atoms with Crippen LogP contribution < -0.4 is 0 Å². The third-order valence-corrected chi connectivity index (χ3v) is 11.6. The van der Waals surface area contributed by atoms with E-state index in [0.717, 1.165) is 27.3 Å². The van der Waals surface area contributed by atoms with Gasteiger partial charge in [0.15, 0.2) is 0 Å². The summed E-state index contributed by atoms with van der Waals surface area (Å²) in [6.45, 7) is 0. The molecule has 0 aliphatic heterocycles. The molecular weight excluding hydrogens is 625 g/mol.